The Balaban J connectivity index is 1.83. The number of aliphatic carboxylic acids is 2. The minimum atomic E-state index is -1.87. The first-order valence-corrected chi connectivity index (χ1v) is 25.3. The number of imidazole rings is 1. The highest BCUT2D eigenvalue weighted by atomic mass is 16.4. The molecule has 13 atom stereocenters. The maximum Gasteiger partial charge on any atom is 0.326 e. The highest BCUT2D eigenvalue weighted by Crippen LogP contribution is 2.22. The Morgan fingerprint density at radius 2 is 1.20 bits per heavy atom. The number of primary amides is 1. The molecule has 440 valence electrons. The number of nitrogens with two attached hydrogens (primary N) is 4. The Labute approximate surface area is 452 Å². The van der Waals surface area contributed by atoms with E-state index in [0.717, 1.165) is 16.7 Å². The molecule has 0 radical (unpaired) electrons. The number of carboxylic acids is 2. The van der Waals surface area contributed by atoms with E-state index in [2.05, 4.69) is 52.2 Å². The summed E-state index contributed by atoms with van der Waals surface area (Å²) in [5, 5.41) is 66.3. The number of amides is 10. The fraction of sp³-hybridized carbons (Fsp3) is 0.652. The zero-order chi connectivity index (χ0) is 59.4. The Morgan fingerprint density at radius 1 is 0.658 bits per heavy atom. The second-order valence-corrected chi connectivity index (χ2v) is 19.2. The van der Waals surface area contributed by atoms with Crippen molar-refractivity contribution >= 4 is 77.0 Å². The maximum absolute atomic E-state index is 14.1. The molecule has 2 fully saturated rings. The summed E-state index contributed by atoms with van der Waals surface area (Å²) >= 11 is 0. The van der Waals surface area contributed by atoms with Crippen molar-refractivity contribution in [2.75, 3.05) is 19.6 Å². The summed E-state index contributed by atoms with van der Waals surface area (Å²) in [6.07, 6.45) is -3.66. The van der Waals surface area contributed by atoms with Crippen molar-refractivity contribution in [1.82, 2.24) is 57.0 Å². The fourth-order valence-electron chi connectivity index (χ4n) is 8.49. The molecule has 0 aromatic carbocycles. The predicted molar refractivity (Wildman–Crippen MR) is 272 cm³/mol. The summed E-state index contributed by atoms with van der Waals surface area (Å²) in [6, 6.07) is -15.4. The van der Waals surface area contributed by atoms with Gasteiger partial charge in [-0.3, -0.25) is 57.7 Å². The molecule has 0 unspecified atom stereocenters. The number of likely N-dealkylation sites (tertiary alicyclic amines) is 2. The summed E-state index contributed by atoms with van der Waals surface area (Å²) in [6.45, 7) is 4.78. The van der Waals surface area contributed by atoms with Gasteiger partial charge in [0.1, 0.15) is 60.4 Å². The number of aromatic nitrogens is 2. The molecule has 0 saturated carbocycles. The van der Waals surface area contributed by atoms with Gasteiger partial charge in [-0.05, 0) is 72.6 Å². The van der Waals surface area contributed by atoms with Gasteiger partial charge in [-0.15, -0.1) is 0 Å². The summed E-state index contributed by atoms with van der Waals surface area (Å²) in [5.41, 5.74) is 22.5. The number of hydrogen-bond donors (Lipinski definition) is 17. The zero-order valence-electron chi connectivity index (χ0n) is 44.1. The first-order valence-electron chi connectivity index (χ1n) is 25.3. The van der Waals surface area contributed by atoms with E-state index in [1.807, 2.05) is 0 Å². The molecule has 1 aromatic heterocycles. The second kappa shape index (κ2) is 30.8. The third-order valence-corrected chi connectivity index (χ3v) is 12.8. The number of carbonyl (C=O) groups is 12. The Bertz CT molecular complexity index is 2380. The standard InChI is InChI=1S/C46H74N16O17/c1-20(54-42(75)34(22(3)64)59-41(74)30-10-6-14-61(30)43(76)33(48)21(2)63)36(69)57-27(16-24-18-51-19-53-24)38(71)58-28(17-31(47)66)39(72)55-25(8-5-13-52-46(49)50)37(70)60-35(23(4)65)44(77)62-15-7-9-29(62)40(73)56-26(45(78)79)11-12-32(67)68/h18-23,25-30,33-35,63-65H,5-17,48H2,1-4H3,(H2,47,66)(H,51,53)(H,54,75)(H,55,72)(H,56,73)(H,57,69)(H,58,71)(H,59,74)(H,60,70)(H,67,68)(H,78,79)(H4,49,50,52)/t20-,21+,22+,23+,25-,26-,27-,28-,29-,30-,33-,34-,35-/m0/s1. The highest BCUT2D eigenvalue weighted by Gasteiger charge is 2.43. The van der Waals surface area contributed by atoms with Crippen LogP contribution in [0.25, 0.3) is 0 Å². The molecule has 33 nitrogen and oxygen atoms in total. The van der Waals surface area contributed by atoms with Crippen molar-refractivity contribution in [2.24, 2.45) is 27.9 Å². The number of hydrogen-bond acceptors (Lipinski definition) is 18. The molecule has 1 aromatic rings. The van der Waals surface area contributed by atoms with Gasteiger partial charge in [0, 0.05) is 44.4 Å². The topological polar surface area (TPSA) is 542 Å². The van der Waals surface area contributed by atoms with Crippen LogP contribution in [0.2, 0.25) is 0 Å². The van der Waals surface area contributed by atoms with Crippen molar-refractivity contribution in [3.8, 4) is 0 Å². The quantitative estimate of drug-likeness (QED) is 0.0186. The van der Waals surface area contributed by atoms with E-state index >= 15 is 0 Å². The third-order valence-electron chi connectivity index (χ3n) is 12.8. The van der Waals surface area contributed by atoms with Gasteiger partial charge in [0.25, 0.3) is 0 Å². The number of aliphatic hydroxyl groups excluding tert-OH is 3. The largest absolute Gasteiger partial charge is 0.481 e. The van der Waals surface area contributed by atoms with E-state index in [9.17, 15) is 78.0 Å². The smallest absolute Gasteiger partial charge is 0.326 e. The average Bonchev–Trinajstić information content (AvgIpc) is 4.19. The number of carboxylic acid groups (broad SMARTS) is 2. The minimum Gasteiger partial charge on any atom is -0.481 e. The fourth-order valence-corrected chi connectivity index (χ4v) is 8.49. The van der Waals surface area contributed by atoms with Crippen molar-refractivity contribution in [3.05, 3.63) is 18.2 Å². The molecule has 79 heavy (non-hydrogen) atoms. The van der Waals surface area contributed by atoms with E-state index in [-0.39, 0.29) is 69.8 Å². The zero-order valence-corrected chi connectivity index (χ0v) is 44.1. The predicted octanol–water partition coefficient (Wildman–Crippen LogP) is -8.30. The van der Waals surface area contributed by atoms with Gasteiger partial charge in [-0.1, -0.05) is 0 Å². The van der Waals surface area contributed by atoms with Gasteiger partial charge < -0.3 is 100 Å². The number of aliphatic imine (C=N–C) groups is 1. The Morgan fingerprint density at radius 3 is 1.72 bits per heavy atom. The third kappa shape index (κ3) is 20.0. The van der Waals surface area contributed by atoms with Gasteiger partial charge in [0.2, 0.25) is 59.1 Å². The molecule has 0 bridgehead atoms. The van der Waals surface area contributed by atoms with Crippen molar-refractivity contribution in [2.45, 2.75) is 171 Å². The van der Waals surface area contributed by atoms with Crippen LogP contribution in [0.3, 0.4) is 0 Å². The first kappa shape index (κ1) is 65.2. The van der Waals surface area contributed by atoms with Crippen LogP contribution in [0.5, 0.6) is 0 Å². The lowest BCUT2D eigenvalue weighted by molar-refractivity contribution is -0.146. The second-order valence-electron chi connectivity index (χ2n) is 19.2. The normalized spacial score (nSPS) is 19.2. The van der Waals surface area contributed by atoms with E-state index < -0.39 is 169 Å². The van der Waals surface area contributed by atoms with Crippen LogP contribution in [-0.4, -0.2) is 221 Å². The van der Waals surface area contributed by atoms with Crippen LogP contribution in [0.1, 0.15) is 91.2 Å². The molecule has 33 heteroatoms. The van der Waals surface area contributed by atoms with Crippen LogP contribution in [0, 0.1) is 0 Å². The van der Waals surface area contributed by atoms with Crippen LogP contribution >= 0.6 is 0 Å². The molecule has 21 N–H and O–H groups in total. The monoisotopic (exact) mass is 1120 g/mol. The number of H-pyrrole nitrogens is 1. The lowest BCUT2D eigenvalue weighted by atomic mass is 10.0. The van der Waals surface area contributed by atoms with Crippen LogP contribution < -0.4 is 60.2 Å². The maximum atomic E-state index is 14.1. The lowest BCUT2D eigenvalue weighted by Gasteiger charge is -2.31. The van der Waals surface area contributed by atoms with E-state index in [0.29, 0.717) is 6.42 Å². The number of guanidine groups is 1. The summed E-state index contributed by atoms with van der Waals surface area (Å²) in [7, 11) is 0. The SMILES string of the molecule is C[C@H](NC(=O)[C@@H](NC(=O)[C@@H]1CCCN1C(=O)[C@@H](N)[C@@H](C)O)[C@@H](C)O)C(=O)N[C@@H](Cc1cnc[nH]1)C(=O)N[C@@H](CC(N)=O)C(=O)N[C@@H](CCCN=C(N)N)C(=O)N[C@H](C(=O)N1CCC[C@H]1C(=O)N[C@@H](CCC(=O)O)C(=O)O)[C@@H](C)O. The number of aliphatic hydroxyl groups is 3. The van der Waals surface area contributed by atoms with Crippen molar-refractivity contribution < 1.29 is 83.1 Å². The van der Waals surface area contributed by atoms with Gasteiger partial charge in [-0.2, -0.15) is 0 Å². The number of aromatic amines is 1. The van der Waals surface area contributed by atoms with Crippen LogP contribution in [-0.2, 0) is 64.0 Å². The van der Waals surface area contributed by atoms with Crippen molar-refractivity contribution in [3.63, 3.8) is 0 Å². The molecule has 3 heterocycles. The Kier molecular flexibility index (Phi) is 25.4. The van der Waals surface area contributed by atoms with E-state index in [1.165, 1.54) is 33.3 Å². The average molecular weight is 1120 g/mol. The summed E-state index contributed by atoms with van der Waals surface area (Å²) in [5.74, 6) is -13.2. The van der Waals surface area contributed by atoms with Crippen molar-refractivity contribution in [1.29, 1.82) is 0 Å². The summed E-state index contributed by atoms with van der Waals surface area (Å²) in [4.78, 5) is 171. The molecule has 2 aliphatic heterocycles. The molecule has 0 aliphatic carbocycles. The number of nitrogens with one attached hydrogen (secondary N) is 8. The Hall–Kier alpha value is -8.04. The van der Waals surface area contributed by atoms with Crippen LogP contribution in [0.15, 0.2) is 17.5 Å². The lowest BCUT2D eigenvalue weighted by Crippen LogP contribution is -2.62. The van der Waals surface area contributed by atoms with Gasteiger partial charge in [-0.25, -0.2) is 9.78 Å². The summed E-state index contributed by atoms with van der Waals surface area (Å²) < 4.78 is 0. The number of nitrogens with zero attached hydrogens (tertiary/aromatic N) is 4. The van der Waals surface area contributed by atoms with Gasteiger partial charge >= 0.3 is 11.9 Å². The minimum absolute atomic E-state index is 0.0190. The number of rotatable bonds is 31. The highest BCUT2D eigenvalue weighted by molar-refractivity contribution is 6.00. The molecule has 2 aliphatic rings. The van der Waals surface area contributed by atoms with E-state index in [4.69, 9.17) is 28.0 Å². The molecule has 2 saturated heterocycles. The molecule has 3 rings (SSSR count). The van der Waals surface area contributed by atoms with Crippen LogP contribution in [0.4, 0.5) is 0 Å². The van der Waals surface area contributed by atoms with Gasteiger partial charge in [0.05, 0.1) is 31.1 Å². The first-order chi connectivity index (χ1) is 37.0. The van der Waals surface area contributed by atoms with E-state index in [1.54, 1.807) is 0 Å². The van der Waals surface area contributed by atoms with Gasteiger partial charge in [0.15, 0.2) is 5.96 Å². The molecular formula is C46H74N16O17. The molecular weight excluding hydrogens is 1050 g/mol. The molecule has 10 amide bonds. The number of carbonyl (C=O) groups excluding carboxylic acids is 10. The molecule has 0 spiro atoms.